The summed E-state index contributed by atoms with van der Waals surface area (Å²) in [7, 11) is 1.76. The van der Waals surface area contributed by atoms with E-state index < -0.39 is 0 Å². The van der Waals surface area contributed by atoms with Gasteiger partial charge < -0.3 is 15.4 Å². The minimum Gasteiger partial charge on any atom is -0.489 e. The van der Waals surface area contributed by atoms with Crippen LogP contribution in [0.4, 0.5) is 0 Å². The van der Waals surface area contributed by atoms with Gasteiger partial charge in [-0.3, -0.25) is 4.99 Å². The van der Waals surface area contributed by atoms with E-state index in [-0.39, 0.29) is 0 Å². The van der Waals surface area contributed by atoms with Crippen LogP contribution in [0.1, 0.15) is 10.6 Å². The second-order valence-electron chi connectivity index (χ2n) is 5.98. The van der Waals surface area contributed by atoms with E-state index >= 15 is 0 Å². The van der Waals surface area contributed by atoms with Crippen LogP contribution >= 0.6 is 11.3 Å². The molecule has 1 heterocycles. The maximum absolute atomic E-state index is 5.70. The first-order valence-electron chi connectivity index (χ1n) is 9.06. The highest BCUT2D eigenvalue weighted by atomic mass is 32.1. The van der Waals surface area contributed by atoms with Gasteiger partial charge in [0.25, 0.3) is 0 Å². The molecule has 0 saturated carbocycles. The standard InChI is InChI=1S/C22H24N4OS/c1-3-13-27-20-12-8-7-11-18(20)14-24-22(23-2)25-15-21-26-19(16-28-21)17-9-5-4-6-10-17/h3-12,16H,1,13-15H2,2H3,(H2,23,24,25). The van der Waals surface area contributed by atoms with E-state index in [1.807, 2.05) is 42.5 Å². The van der Waals surface area contributed by atoms with Gasteiger partial charge >= 0.3 is 0 Å². The molecule has 144 valence electrons. The van der Waals surface area contributed by atoms with E-state index in [9.17, 15) is 0 Å². The molecule has 5 nitrogen and oxygen atoms in total. The summed E-state index contributed by atoms with van der Waals surface area (Å²) in [5.41, 5.74) is 3.19. The minimum absolute atomic E-state index is 0.484. The van der Waals surface area contributed by atoms with Crippen LogP contribution in [0, 0.1) is 0 Å². The highest BCUT2D eigenvalue weighted by molar-refractivity contribution is 7.09. The number of hydrogen-bond donors (Lipinski definition) is 2. The molecule has 28 heavy (non-hydrogen) atoms. The van der Waals surface area contributed by atoms with E-state index in [1.165, 1.54) is 0 Å². The van der Waals surface area contributed by atoms with Gasteiger partial charge in [-0.25, -0.2) is 4.98 Å². The first-order chi connectivity index (χ1) is 13.8. The van der Waals surface area contributed by atoms with Crippen molar-refractivity contribution in [3.05, 3.63) is 83.2 Å². The van der Waals surface area contributed by atoms with E-state index in [1.54, 1.807) is 24.5 Å². The van der Waals surface area contributed by atoms with Crippen molar-refractivity contribution in [3.63, 3.8) is 0 Å². The van der Waals surface area contributed by atoms with Gasteiger partial charge in [-0.05, 0) is 6.07 Å². The van der Waals surface area contributed by atoms with Crippen molar-refractivity contribution >= 4 is 17.3 Å². The molecule has 0 unspecified atom stereocenters. The van der Waals surface area contributed by atoms with Crippen LogP contribution in [0.3, 0.4) is 0 Å². The molecular formula is C22H24N4OS. The Kier molecular flexibility index (Phi) is 7.21. The number of nitrogens with one attached hydrogen (secondary N) is 2. The van der Waals surface area contributed by atoms with E-state index in [2.05, 4.69) is 39.7 Å². The number of para-hydroxylation sites is 1. The molecule has 0 amide bonds. The molecule has 0 radical (unpaired) electrons. The van der Waals surface area contributed by atoms with Crippen molar-refractivity contribution in [2.24, 2.45) is 4.99 Å². The van der Waals surface area contributed by atoms with Gasteiger partial charge in [0.1, 0.15) is 17.4 Å². The lowest BCUT2D eigenvalue weighted by Crippen LogP contribution is -2.36. The van der Waals surface area contributed by atoms with Crippen LogP contribution in [-0.2, 0) is 13.1 Å². The molecule has 0 bridgehead atoms. The molecule has 2 aromatic carbocycles. The zero-order valence-electron chi connectivity index (χ0n) is 15.9. The molecule has 0 aliphatic carbocycles. The van der Waals surface area contributed by atoms with Crippen LogP contribution in [0.25, 0.3) is 11.3 Å². The molecule has 1 aromatic heterocycles. The molecular weight excluding hydrogens is 368 g/mol. The summed E-state index contributed by atoms with van der Waals surface area (Å²) < 4.78 is 5.70. The van der Waals surface area contributed by atoms with E-state index in [0.29, 0.717) is 19.7 Å². The molecule has 6 heteroatoms. The lowest BCUT2D eigenvalue weighted by atomic mass is 10.2. The Morgan fingerprint density at radius 3 is 2.64 bits per heavy atom. The number of guanidine groups is 1. The van der Waals surface area contributed by atoms with Crippen LogP contribution < -0.4 is 15.4 Å². The van der Waals surface area contributed by atoms with Crippen molar-refractivity contribution in [3.8, 4) is 17.0 Å². The van der Waals surface area contributed by atoms with Crippen LogP contribution in [0.2, 0.25) is 0 Å². The second kappa shape index (κ2) is 10.3. The topological polar surface area (TPSA) is 58.5 Å². The summed E-state index contributed by atoms with van der Waals surface area (Å²) >= 11 is 1.64. The normalized spacial score (nSPS) is 11.1. The molecule has 0 atom stereocenters. The summed E-state index contributed by atoms with van der Waals surface area (Å²) in [5.74, 6) is 1.56. The van der Waals surface area contributed by atoms with Crippen LogP contribution in [0.5, 0.6) is 5.75 Å². The third-order valence-electron chi connectivity index (χ3n) is 4.03. The van der Waals surface area contributed by atoms with Gasteiger partial charge in [0, 0.05) is 30.1 Å². The molecule has 0 aliphatic rings. The summed E-state index contributed by atoms with van der Waals surface area (Å²) in [6, 6.07) is 18.1. The Hall–Kier alpha value is -3.12. The number of aliphatic imine (C=N–C) groups is 1. The van der Waals surface area contributed by atoms with Gasteiger partial charge in [0.2, 0.25) is 0 Å². The van der Waals surface area contributed by atoms with Gasteiger partial charge in [-0.2, -0.15) is 0 Å². The smallest absolute Gasteiger partial charge is 0.191 e. The number of rotatable bonds is 8. The third-order valence-corrected chi connectivity index (χ3v) is 4.88. The third kappa shape index (κ3) is 5.44. The summed E-state index contributed by atoms with van der Waals surface area (Å²) in [6.45, 7) is 5.40. The van der Waals surface area contributed by atoms with Crippen molar-refractivity contribution in [2.75, 3.05) is 13.7 Å². The number of ether oxygens (including phenoxy) is 1. The van der Waals surface area contributed by atoms with Gasteiger partial charge in [-0.1, -0.05) is 61.2 Å². The van der Waals surface area contributed by atoms with Crippen molar-refractivity contribution in [2.45, 2.75) is 13.1 Å². The summed E-state index contributed by atoms with van der Waals surface area (Å²) in [6.07, 6.45) is 1.74. The predicted molar refractivity (Wildman–Crippen MR) is 117 cm³/mol. The SMILES string of the molecule is C=CCOc1ccccc1CNC(=NC)NCc1nc(-c2ccccc2)cs1. The maximum Gasteiger partial charge on any atom is 0.191 e. The Labute approximate surface area is 169 Å². The number of nitrogens with zero attached hydrogens (tertiary/aromatic N) is 2. The highest BCUT2D eigenvalue weighted by Gasteiger charge is 2.07. The van der Waals surface area contributed by atoms with E-state index in [4.69, 9.17) is 9.72 Å². The zero-order valence-corrected chi connectivity index (χ0v) is 16.7. The summed E-state index contributed by atoms with van der Waals surface area (Å²) in [4.78, 5) is 8.99. The minimum atomic E-state index is 0.484. The van der Waals surface area contributed by atoms with Crippen molar-refractivity contribution in [1.82, 2.24) is 15.6 Å². The average Bonchev–Trinajstić information content (AvgIpc) is 3.23. The molecule has 0 fully saturated rings. The largest absolute Gasteiger partial charge is 0.489 e. The van der Waals surface area contributed by atoms with Gasteiger partial charge in [0.05, 0.1) is 12.2 Å². The molecule has 0 aliphatic heterocycles. The number of aromatic nitrogens is 1. The fourth-order valence-corrected chi connectivity index (χ4v) is 3.37. The van der Waals surface area contributed by atoms with Crippen molar-refractivity contribution in [1.29, 1.82) is 0 Å². The highest BCUT2D eigenvalue weighted by Crippen LogP contribution is 2.21. The summed E-state index contributed by atoms with van der Waals surface area (Å²) in [5, 5.41) is 9.72. The number of hydrogen-bond acceptors (Lipinski definition) is 4. The first kappa shape index (κ1) is 19.6. The molecule has 0 spiro atoms. The fourth-order valence-electron chi connectivity index (χ4n) is 2.63. The molecule has 0 saturated heterocycles. The number of benzene rings is 2. The molecule has 3 aromatic rings. The van der Waals surface area contributed by atoms with E-state index in [0.717, 1.165) is 33.5 Å². The Morgan fingerprint density at radius 1 is 1.11 bits per heavy atom. The fraction of sp³-hybridized carbons (Fsp3) is 0.182. The van der Waals surface area contributed by atoms with Crippen LogP contribution in [-0.4, -0.2) is 24.6 Å². The Balaban J connectivity index is 1.55. The second-order valence-corrected chi connectivity index (χ2v) is 6.92. The maximum atomic E-state index is 5.70. The van der Waals surface area contributed by atoms with Gasteiger partial charge in [-0.15, -0.1) is 11.3 Å². The lowest BCUT2D eigenvalue weighted by molar-refractivity contribution is 0.358. The van der Waals surface area contributed by atoms with Gasteiger partial charge in [0.15, 0.2) is 5.96 Å². The average molecular weight is 393 g/mol. The molecule has 3 rings (SSSR count). The Morgan fingerprint density at radius 2 is 1.86 bits per heavy atom. The first-order valence-corrected chi connectivity index (χ1v) is 9.94. The van der Waals surface area contributed by atoms with Crippen LogP contribution in [0.15, 0.2) is 77.6 Å². The lowest BCUT2D eigenvalue weighted by Gasteiger charge is -2.13. The van der Waals surface area contributed by atoms with Crippen molar-refractivity contribution < 1.29 is 4.74 Å². The Bertz CT molecular complexity index is 921. The monoisotopic (exact) mass is 392 g/mol. The zero-order chi connectivity index (χ0) is 19.6. The number of thiazole rings is 1. The quantitative estimate of drug-likeness (QED) is 0.342. The predicted octanol–water partition coefficient (Wildman–Crippen LogP) is 4.24. The molecule has 2 N–H and O–H groups in total.